The third kappa shape index (κ3) is 4.19. The van der Waals surface area contributed by atoms with E-state index >= 15 is 0 Å². The van der Waals surface area contributed by atoms with E-state index in [-0.39, 0.29) is 24.4 Å². The van der Waals surface area contributed by atoms with E-state index < -0.39 is 11.9 Å². The number of ether oxygens (including phenoxy) is 1. The number of aryl methyl sites for hydroxylation is 2. The average Bonchev–Trinajstić information content (AvgIpc) is 3.19. The molecule has 0 atom stereocenters. The van der Waals surface area contributed by atoms with E-state index in [4.69, 9.17) is 9.84 Å². The molecule has 0 aliphatic heterocycles. The number of hydrogen-bond acceptors (Lipinski definition) is 6. The predicted molar refractivity (Wildman–Crippen MR) is 87.5 cm³/mol. The number of nitrogens with one attached hydrogen (secondary N) is 1. The Kier molecular flexibility index (Phi) is 5.69. The van der Waals surface area contributed by atoms with Crippen LogP contribution in [0, 0.1) is 0 Å². The minimum Gasteiger partial charge on any atom is -0.478 e. The summed E-state index contributed by atoms with van der Waals surface area (Å²) in [7, 11) is 1.29. The second-order valence-electron chi connectivity index (χ2n) is 4.90. The molecule has 0 saturated carbocycles. The van der Waals surface area contributed by atoms with Crippen LogP contribution >= 0.6 is 11.3 Å². The molecule has 8 nitrogen and oxygen atoms in total. The summed E-state index contributed by atoms with van der Waals surface area (Å²) in [6.45, 7) is 2.19. The molecule has 0 radical (unpaired) electrons. The van der Waals surface area contributed by atoms with Crippen LogP contribution in [-0.4, -0.2) is 39.8 Å². The van der Waals surface area contributed by atoms with Crippen molar-refractivity contribution in [3.8, 4) is 0 Å². The molecule has 1 amide bonds. The fourth-order valence-corrected chi connectivity index (χ4v) is 2.97. The molecule has 24 heavy (non-hydrogen) atoms. The van der Waals surface area contributed by atoms with E-state index in [9.17, 15) is 14.4 Å². The molecule has 2 rings (SSSR count). The van der Waals surface area contributed by atoms with E-state index in [0.29, 0.717) is 10.6 Å². The molecule has 2 heterocycles. The zero-order chi connectivity index (χ0) is 17.7. The number of aromatic carboxylic acids is 1. The Morgan fingerprint density at radius 2 is 2.17 bits per heavy atom. The van der Waals surface area contributed by atoms with Crippen LogP contribution in [0.5, 0.6) is 0 Å². The molecule has 0 bridgehead atoms. The lowest BCUT2D eigenvalue weighted by Crippen LogP contribution is -2.16. The average molecular weight is 351 g/mol. The predicted octanol–water partition coefficient (Wildman–Crippen LogP) is 2.02. The third-order valence-corrected chi connectivity index (χ3v) is 4.43. The zero-order valence-electron chi connectivity index (χ0n) is 13.2. The smallest absolute Gasteiger partial charge is 0.340 e. The second-order valence-corrected chi connectivity index (χ2v) is 6.03. The summed E-state index contributed by atoms with van der Waals surface area (Å²) in [6, 6.07) is 1.71. The van der Waals surface area contributed by atoms with Crippen molar-refractivity contribution in [2.45, 2.75) is 26.3 Å². The number of esters is 1. The van der Waals surface area contributed by atoms with E-state index in [1.807, 2.05) is 6.92 Å². The lowest BCUT2D eigenvalue weighted by atomic mass is 10.2. The van der Waals surface area contributed by atoms with E-state index in [2.05, 4.69) is 10.4 Å². The summed E-state index contributed by atoms with van der Waals surface area (Å²) in [5.41, 5.74) is 0.397. The van der Waals surface area contributed by atoms with Gasteiger partial charge in [0.25, 0.3) is 0 Å². The number of carboxylic acid groups (broad SMARTS) is 1. The Morgan fingerprint density at radius 3 is 2.75 bits per heavy atom. The SMILES string of the molecule is CCc1cc(C(=O)OC)c(NC(=O)CCn2cc(C(=O)O)cn2)s1. The third-order valence-electron chi connectivity index (χ3n) is 3.24. The molecule has 0 aromatic carbocycles. The summed E-state index contributed by atoms with van der Waals surface area (Å²) in [6.07, 6.45) is 3.43. The number of carbonyl (C=O) groups excluding carboxylic acids is 2. The lowest BCUT2D eigenvalue weighted by Gasteiger charge is -2.05. The van der Waals surface area contributed by atoms with Crippen LogP contribution in [0.1, 0.15) is 38.9 Å². The molecule has 128 valence electrons. The number of nitrogens with zero attached hydrogens (tertiary/aromatic N) is 2. The highest BCUT2D eigenvalue weighted by atomic mass is 32.1. The van der Waals surface area contributed by atoms with Crippen LogP contribution in [0.2, 0.25) is 0 Å². The van der Waals surface area contributed by atoms with Crippen molar-refractivity contribution in [3.05, 3.63) is 34.5 Å². The van der Waals surface area contributed by atoms with Crippen LogP contribution in [0.15, 0.2) is 18.5 Å². The number of carboxylic acids is 1. The zero-order valence-corrected chi connectivity index (χ0v) is 14.1. The maximum absolute atomic E-state index is 12.1. The van der Waals surface area contributed by atoms with Crippen molar-refractivity contribution in [2.75, 3.05) is 12.4 Å². The quantitative estimate of drug-likeness (QED) is 0.738. The highest BCUT2D eigenvalue weighted by Crippen LogP contribution is 2.29. The normalized spacial score (nSPS) is 10.4. The van der Waals surface area contributed by atoms with Gasteiger partial charge in [0, 0.05) is 24.0 Å². The molecule has 0 unspecified atom stereocenters. The molecule has 0 spiro atoms. The number of methoxy groups -OCH3 is 1. The van der Waals surface area contributed by atoms with Crippen molar-refractivity contribution in [1.82, 2.24) is 9.78 Å². The molecule has 9 heteroatoms. The van der Waals surface area contributed by atoms with Crippen LogP contribution in [0.25, 0.3) is 0 Å². The highest BCUT2D eigenvalue weighted by molar-refractivity contribution is 7.16. The summed E-state index contributed by atoms with van der Waals surface area (Å²) in [4.78, 5) is 35.6. The lowest BCUT2D eigenvalue weighted by molar-refractivity contribution is -0.116. The Morgan fingerprint density at radius 1 is 1.42 bits per heavy atom. The Balaban J connectivity index is 2.00. The van der Waals surface area contributed by atoms with Crippen LogP contribution < -0.4 is 5.32 Å². The van der Waals surface area contributed by atoms with Crippen LogP contribution in [0.3, 0.4) is 0 Å². The van der Waals surface area contributed by atoms with Gasteiger partial charge in [0.1, 0.15) is 5.00 Å². The van der Waals surface area contributed by atoms with Gasteiger partial charge in [0.05, 0.1) is 24.4 Å². The number of amides is 1. The van der Waals surface area contributed by atoms with Crippen LogP contribution in [-0.2, 0) is 22.5 Å². The van der Waals surface area contributed by atoms with Gasteiger partial charge in [0.15, 0.2) is 0 Å². The molecule has 0 aliphatic rings. The fourth-order valence-electron chi connectivity index (χ4n) is 1.97. The topological polar surface area (TPSA) is 111 Å². The van der Waals surface area contributed by atoms with Gasteiger partial charge in [-0.05, 0) is 12.5 Å². The monoisotopic (exact) mass is 351 g/mol. The van der Waals surface area contributed by atoms with E-state index in [1.54, 1.807) is 6.07 Å². The maximum Gasteiger partial charge on any atom is 0.340 e. The number of anilines is 1. The first-order valence-electron chi connectivity index (χ1n) is 7.21. The van der Waals surface area contributed by atoms with E-state index in [0.717, 1.165) is 11.3 Å². The minimum atomic E-state index is -1.07. The van der Waals surface area contributed by atoms with Gasteiger partial charge >= 0.3 is 11.9 Å². The summed E-state index contributed by atoms with van der Waals surface area (Å²) >= 11 is 1.33. The van der Waals surface area contributed by atoms with E-state index in [1.165, 1.54) is 35.5 Å². The molecular weight excluding hydrogens is 334 g/mol. The van der Waals surface area contributed by atoms with Crippen molar-refractivity contribution in [3.63, 3.8) is 0 Å². The number of hydrogen-bond donors (Lipinski definition) is 2. The minimum absolute atomic E-state index is 0.0641. The molecule has 0 saturated heterocycles. The Hall–Kier alpha value is -2.68. The first kappa shape index (κ1) is 17.7. The largest absolute Gasteiger partial charge is 0.478 e. The first-order valence-corrected chi connectivity index (χ1v) is 8.02. The van der Waals surface area contributed by atoms with Gasteiger partial charge in [-0.2, -0.15) is 5.10 Å². The van der Waals surface area contributed by atoms with Gasteiger partial charge in [-0.1, -0.05) is 6.92 Å². The number of thiophene rings is 1. The van der Waals surface area contributed by atoms with Crippen molar-refractivity contribution < 1.29 is 24.2 Å². The molecule has 2 aromatic heterocycles. The van der Waals surface area contributed by atoms with Gasteiger partial charge < -0.3 is 15.2 Å². The number of rotatable bonds is 7. The second kappa shape index (κ2) is 7.73. The first-order chi connectivity index (χ1) is 11.4. The van der Waals surface area contributed by atoms with Gasteiger partial charge in [-0.3, -0.25) is 9.48 Å². The standard InChI is InChI=1S/C15H17N3O5S/c1-3-10-6-11(15(22)23-2)13(24-10)17-12(19)4-5-18-8-9(7-16-18)14(20)21/h6-8H,3-5H2,1-2H3,(H,17,19)(H,20,21). The Bertz CT molecular complexity index is 765. The molecule has 0 aliphatic carbocycles. The van der Waals surface area contributed by atoms with Crippen molar-refractivity contribution >= 4 is 34.2 Å². The molecular formula is C15H17N3O5S. The number of aromatic nitrogens is 2. The van der Waals surface area contributed by atoms with Gasteiger partial charge in [-0.25, -0.2) is 9.59 Å². The molecule has 0 fully saturated rings. The van der Waals surface area contributed by atoms with Crippen molar-refractivity contribution in [2.24, 2.45) is 0 Å². The maximum atomic E-state index is 12.1. The van der Waals surface area contributed by atoms with Crippen LogP contribution in [0.4, 0.5) is 5.00 Å². The van der Waals surface area contributed by atoms with Crippen molar-refractivity contribution in [1.29, 1.82) is 0 Å². The fraction of sp³-hybridized carbons (Fsp3) is 0.333. The summed E-state index contributed by atoms with van der Waals surface area (Å²) in [5, 5.41) is 15.9. The van der Waals surface area contributed by atoms with Gasteiger partial charge in [-0.15, -0.1) is 11.3 Å². The summed E-state index contributed by atoms with van der Waals surface area (Å²) < 4.78 is 6.10. The number of carbonyl (C=O) groups is 3. The Labute approximate surface area is 142 Å². The summed E-state index contributed by atoms with van der Waals surface area (Å²) in [5.74, 6) is -1.87. The highest BCUT2D eigenvalue weighted by Gasteiger charge is 2.18. The van der Waals surface area contributed by atoms with Gasteiger partial charge in [0.2, 0.25) is 5.91 Å². The molecule has 2 aromatic rings. The molecule has 2 N–H and O–H groups in total.